The van der Waals surface area contributed by atoms with Gasteiger partial charge in [0.25, 0.3) is 0 Å². The van der Waals surface area contributed by atoms with E-state index in [0.29, 0.717) is 17.3 Å². The third-order valence-electron chi connectivity index (χ3n) is 3.16. The first-order valence-corrected chi connectivity index (χ1v) is 9.63. The van der Waals surface area contributed by atoms with Gasteiger partial charge in [-0.1, -0.05) is 6.92 Å². The van der Waals surface area contributed by atoms with Crippen molar-refractivity contribution in [1.82, 2.24) is 10.3 Å². The fourth-order valence-corrected chi connectivity index (χ4v) is 3.14. The monoisotopic (exact) mass is 342 g/mol. The van der Waals surface area contributed by atoms with Gasteiger partial charge in [0.05, 0.1) is 17.9 Å². The summed E-state index contributed by atoms with van der Waals surface area (Å²) in [5, 5.41) is 6.44. The van der Waals surface area contributed by atoms with Crippen molar-refractivity contribution >= 4 is 27.1 Å². The molecule has 0 fully saturated rings. The summed E-state index contributed by atoms with van der Waals surface area (Å²) in [7, 11) is -3.07. The Morgan fingerprint density at radius 2 is 2.23 bits per heavy atom. The third-order valence-corrected chi connectivity index (χ3v) is 5.55. The van der Waals surface area contributed by atoms with E-state index in [1.807, 2.05) is 16.8 Å². The van der Waals surface area contributed by atoms with Crippen LogP contribution in [0.4, 0.5) is 0 Å². The van der Waals surface area contributed by atoms with Crippen molar-refractivity contribution in [3.63, 3.8) is 0 Å². The number of nitrogens with zero attached hydrogens (tertiary/aromatic N) is 1. The number of carbonyl (C=O) groups excluding carboxylic acids is 1. The second-order valence-corrected chi connectivity index (χ2v) is 8.05. The molecule has 120 valence electrons. The molecule has 0 radical (unpaired) electrons. The standard InChI is InChI=1S/C14H18N2O4S2/c1-3-22(18,19)7-5-15-13(17)8-12-10(2)20-14(16-12)11-4-6-21-9-11/h4,6,9H,3,5,7-8H2,1-2H3,(H,15,17). The highest BCUT2D eigenvalue weighted by Crippen LogP contribution is 2.23. The summed E-state index contributed by atoms with van der Waals surface area (Å²) in [4.78, 5) is 16.2. The maximum atomic E-state index is 11.8. The second kappa shape index (κ2) is 7.06. The summed E-state index contributed by atoms with van der Waals surface area (Å²) in [6, 6.07) is 1.90. The van der Waals surface area contributed by atoms with E-state index >= 15 is 0 Å². The molecule has 22 heavy (non-hydrogen) atoms. The van der Waals surface area contributed by atoms with E-state index in [1.54, 1.807) is 25.2 Å². The number of hydrogen-bond donors (Lipinski definition) is 1. The first-order chi connectivity index (χ1) is 10.4. The molecular weight excluding hydrogens is 324 g/mol. The minimum Gasteiger partial charge on any atom is -0.441 e. The average molecular weight is 342 g/mol. The number of rotatable bonds is 7. The van der Waals surface area contributed by atoms with Gasteiger partial charge in [-0.3, -0.25) is 4.79 Å². The summed E-state index contributed by atoms with van der Waals surface area (Å²) in [6.07, 6.45) is 0.0750. The highest BCUT2D eigenvalue weighted by atomic mass is 32.2. The summed E-state index contributed by atoms with van der Waals surface area (Å²) in [5.41, 5.74) is 1.45. The molecule has 0 spiro atoms. The Balaban J connectivity index is 1.92. The van der Waals surface area contributed by atoms with Crippen LogP contribution in [0.1, 0.15) is 18.4 Å². The Morgan fingerprint density at radius 3 is 2.86 bits per heavy atom. The number of aromatic nitrogens is 1. The van der Waals surface area contributed by atoms with Gasteiger partial charge in [0.2, 0.25) is 11.8 Å². The Hall–Kier alpha value is -1.67. The van der Waals surface area contributed by atoms with Gasteiger partial charge in [0, 0.05) is 23.2 Å². The zero-order valence-electron chi connectivity index (χ0n) is 12.5. The maximum absolute atomic E-state index is 11.8. The largest absolute Gasteiger partial charge is 0.441 e. The molecule has 1 N–H and O–H groups in total. The number of nitrogens with one attached hydrogen (secondary N) is 1. The molecule has 0 saturated carbocycles. The molecule has 2 heterocycles. The summed E-state index contributed by atoms with van der Waals surface area (Å²) in [5.74, 6) is 0.856. The first kappa shape index (κ1) is 16.7. The molecule has 0 unspecified atom stereocenters. The van der Waals surface area contributed by atoms with Crippen LogP contribution in [-0.4, -0.2) is 37.4 Å². The van der Waals surface area contributed by atoms with Crippen LogP contribution in [0, 0.1) is 6.92 Å². The van der Waals surface area contributed by atoms with E-state index in [1.165, 1.54) is 0 Å². The molecule has 8 heteroatoms. The Kier molecular flexibility index (Phi) is 5.36. The van der Waals surface area contributed by atoms with Crippen molar-refractivity contribution < 1.29 is 17.6 Å². The Labute approximate surface area is 133 Å². The molecule has 0 saturated heterocycles. The van der Waals surface area contributed by atoms with Gasteiger partial charge in [0.1, 0.15) is 5.76 Å². The predicted molar refractivity (Wildman–Crippen MR) is 85.6 cm³/mol. The van der Waals surface area contributed by atoms with Gasteiger partial charge >= 0.3 is 0 Å². The van der Waals surface area contributed by atoms with Gasteiger partial charge in [-0.25, -0.2) is 13.4 Å². The smallest absolute Gasteiger partial charge is 0.227 e. The maximum Gasteiger partial charge on any atom is 0.227 e. The molecule has 0 aliphatic carbocycles. The van der Waals surface area contributed by atoms with Crippen LogP contribution in [0.2, 0.25) is 0 Å². The van der Waals surface area contributed by atoms with E-state index in [2.05, 4.69) is 10.3 Å². The summed E-state index contributed by atoms with van der Waals surface area (Å²) >= 11 is 1.54. The molecule has 0 atom stereocenters. The molecular formula is C14H18N2O4S2. The lowest BCUT2D eigenvalue weighted by atomic mass is 10.2. The van der Waals surface area contributed by atoms with Gasteiger partial charge in [0.15, 0.2) is 9.84 Å². The predicted octanol–water partition coefficient (Wildman–Crippen LogP) is 1.80. The molecule has 0 aromatic carbocycles. The third kappa shape index (κ3) is 4.41. The number of amides is 1. The fourth-order valence-electron chi connectivity index (χ4n) is 1.81. The summed E-state index contributed by atoms with van der Waals surface area (Å²) < 4.78 is 28.3. The molecule has 0 bridgehead atoms. The first-order valence-electron chi connectivity index (χ1n) is 6.87. The lowest BCUT2D eigenvalue weighted by molar-refractivity contribution is -0.120. The van der Waals surface area contributed by atoms with Crippen LogP contribution in [0.5, 0.6) is 0 Å². The lowest BCUT2D eigenvalue weighted by Gasteiger charge is -2.04. The minimum atomic E-state index is -3.07. The number of aryl methyl sites for hydroxylation is 1. The van der Waals surface area contributed by atoms with E-state index in [0.717, 1.165) is 5.56 Å². The lowest BCUT2D eigenvalue weighted by Crippen LogP contribution is -2.30. The van der Waals surface area contributed by atoms with Gasteiger partial charge < -0.3 is 9.73 Å². The molecule has 2 aromatic heterocycles. The van der Waals surface area contributed by atoms with Crippen molar-refractivity contribution in [2.75, 3.05) is 18.1 Å². The average Bonchev–Trinajstić information content (AvgIpc) is 3.09. The molecule has 6 nitrogen and oxygen atoms in total. The van der Waals surface area contributed by atoms with Crippen LogP contribution < -0.4 is 5.32 Å². The van der Waals surface area contributed by atoms with Gasteiger partial charge in [-0.05, 0) is 18.4 Å². The SMILES string of the molecule is CCS(=O)(=O)CCNC(=O)Cc1nc(-c2ccsc2)oc1C. The number of sulfone groups is 1. The molecule has 0 aliphatic heterocycles. The zero-order chi connectivity index (χ0) is 16.2. The molecule has 2 rings (SSSR count). The van der Waals surface area contributed by atoms with Crippen molar-refractivity contribution in [1.29, 1.82) is 0 Å². The Morgan fingerprint density at radius 1 is 1.45 bits per heavy atom. The number of hydrogen-bond acceptors (Lipinski definition) is 6. The molecule has 1 amide bonds. The fraction of sp³-hybridized carbons (Fsp3) is 0.429. The molecule has 2 aromatic rings. The van der Waals surface area contributed by atoms with Gasteiger partial charge in [-0.2, -0.15) is 11.3 Å². The van der Waals surface area contributed by atoms with Crippen molar-refractivity contribution in [2.45, 2.75) is 20.3 Å². The summed E-state index contributed by atoms with van der Waals surface area (Å²) in [6.45, 7) is 3.46. The van der Waals surface area contributed by atoms with Crippen LogP contribution in [-0.2, 0) is 21.1 Å². The van der Waals surface area contributed by atoms with Crippen LogP contribution in [0.15, 0.2) is 21.2 Å². The highest BCUT2D eigenvalue weighted by Gasteiger charge is 2.15. The number of thiophene rings is 1. The van der Waals surface area contributed by atoms with Crippen LogP contribution in [0.25, 0.3) is 11.5 Å². The van der Waals surface area contributed by atoms with E-state index in [9.17, 15) is 13.2 Å². The van der Waals surface area contributed by atoms with E-state index < -0.39 is 9.84 Å². The topological polar surface area (TPSA) is 89.3 Å². The van der Waals surface area contributed by atoms with Crippen molar-refractivity contribution in [3.8, 4) is 11.5 Å². The quantitative estimate of drug-likeness (QED) is 0.829. The van der Waals surface area contributed by atoms with Crippen LogP contribution in [0.3, 0.4) is 0 Å². The highest BCUT2D eigenvalue weighted by molar-refractivity contribution is 7.91. The van der Waals surface area contributed by atoms with Crippen LogP contribution >= 0.6 is 11.3 Å². The van der Waals surface area contributed by atoms with Crippen molar-refractivity contribution in [3.05, 3.63) is 28.3 Å². The number of carbonyl (C=O) groups is 1. The Bertz CT molecular complexity index is 733. The number of oxazole rings is 1. The zero-order valence-corrected chi connectivity index (χ0v) is 14.1. The van der Waals surface area contributed by atoms with E-state index in [-0.39, 0.29) is 30.4 Å². The van der Waals surface area contributed by atoms with Gasteiger partial charge in [-0.15, -0.1) is 0 Å². The van der Waals surface area contributed by atoms with Crippen molar-refractivity contribution in [2.24, 2.45) is 0 Å². The second-order valence-electron chi connectivity index (χ2n) is 4.80. The normalized spacial score (nSPS) is 11.5. The van der Waals surface area contributed by atoms with E-state index in [4.69, 9.17) is 4.42 Å². The minimum absolute atomic E-state index is 0.0484. The molecule has 0 aliphatic rings.